The van der Waals surface area contributed by atoms with Crippen LogP contribution in [0.15, 0.2) is 12.1 Å². The molecule has 0 bridgehead atoms. The molecule has 21 heavy (non-hydrogen) atoms. The third-order valence-electron chi connectivity index (χ3n) is 3.38. The SMILES string of the molecule is CCNc1nc(CC)nc(-c2ccc(C)c(F)c2F)c1C. The Bertz CT molecular complexity index is 669. The fourth-order valence-corrected chi connectivity index (χ4v) is 2.15. The average molecular weight is 291 g/mol. The molecule has 3 nitrogen and oxygen atoms in total. The molecule has 1 N–H and O–H groups in total. The summed E-state index contributed by atoms with van der Waals surface area (Å²) in [5.74, 6) is -0.415. The highest BCUT2D eigenvalue weighted by Crippen LogP contribution is 2.30. The van der Waals surface area contributed by atoms with Gasteiger partial charge in [-0.25, -0.2) is 18.7 Å². The molecule has 0 aliphatic carbocycles. The van der Waals surface area contributed by atoms with Crippen molar-refractivity contribution in [3.8, 4) is 11.3 Å². The summed E-state index contributed by atoms with van der Waals surface area (Å²) in [6, 6.07) is 3.13. The van der Waals surface area contributed by atoms with E-state index in [1.54, 1.807) is 12.1 Å². The topological polar surface area (TPSA) is 37.8 Å². The van der Waals surface area contributed by atoms with Crippen LogP contribution in [0, 0.1) is 25.5 Å². The van der Waals surface area contributed by atoms with Gasteiger partial charge in [0.15, 0.2) is 11.6 Å². The van der Waals surface area contributed by atoms with Gasteiger partial charge in [0.2, 0.25) is 0 Å². The molecule has 0 radical (unpaired) electrons. The van der Waals surface area contributed by atoms with Gasteiger partial charge < -0.3 is 5.32 Å². The highest BCUT2D eigenvalue weighted by atomic mass is 19.2. The van der Waals surface area contributed by atoms with E-state index < -0.39 is 11.6 Å². The van der Waals surface area contributed by atoms with Gasteiger partial charge in [0.25, 0.3) is 0 Å². The van der Waals surface area contributed by atoms with Crippen LogP contribution < -0.4 is 5.32 Å². The molecule has 0 amide bonds. The number of hydrogen-bond donors (Lipinski definition) is 1. The minimum absolute atomic E-state index is 0.173. The molecule has 0 fully saturated rings. The van der Waals surface area contributed by atoms with E-state index in [2.05, 4.69) is 15.3 Å². The lowest BCUT2D eigenvalue weighted by atomic mass is 10.0. The van der Waals surface area contributed by atoms with Gasteiger partial charge in [0.1, 0.15) is 11.6 Å². The van der Waals surface area contributed by atoms with Gasteiger partial charge in [-0.1, -0.05) is 13.0 Å². The summed E-state index contributed by atoms with van der Waals surface area (Å²) in [7, 11) is 0. The zero-order valence-electron chi connectivity index (χ0n) is 12.7. The predicted octanol–water partition coefficient (Wildman–Crippen LogP) is 4.03. The summed E-state index contributed by atoms with van der Waals surface area (Å²) < 4.78 is 28.0. The van der Waals surface area contributed by atoms with Crippen molar-refractivity contribution in [2.24, 2.45) is 0 Å². The molecule has 0 saturated heterocycles. The van der Waals surface area contributed by atoms with E-state index in [-0.39, 0.29) is 11.1 Å². The van der Waals surface area contributed by atoms with Crippen LogP contribution in [0.2, 0.25) is 0 Å². The van der Waals surface area contributed by atoms with Crippen LogP contribution in [0.4, 0.5) is 14.6 Å². The van der Waals surface area contributed by atoms with E-state index in [1.807, 2.05) is 20.8 Å². The van der Waals surface area contributed by atoms with Crippen LogP contribution in [0.3, 0.4) is 0 Å². The fourth-order valence-electron chi connectivity index (χ4n) is 2.15. The van der Waals surface area contributed by atoms with Crippen molar-refractivity contribution in [1.82, 2.24) is 9.97 Å². The van der Waals surface area contributed by atoms with E-state index in [0.717, 1.165) is 5.56 Å². The first-order chi connectivity index (χ1) is 9.99. The standard InChI is InChI=1S/C16H19F2N3/c1-5-12-20-15(10(4)16(21-12)19-6-2)11-8-7-9(3)13(17)14(11)18/h7-8H,5-6H2,1-4H3,(H,19,20,21). The van der Waals surface area contributed by atoms with E-state index in [4.69, 9.17) is 0 Å². The first-order valence-electron chi connectivity index (χ1n) is 7.05. The number of aryl methyl sites for hydroxylation is 2. The molecule has 0 spiro atoms. The van der Waals surface area contributed by atoms with E-state index in [1.165, 1.54) is 6.92 Å². The summed E-state index contributed by atoms with van der Waals surface area (Å²) >= 11 is 0. The molecule has 112 valence electrons. The normalized spacial score (nSPS) is 10.8. The summed E-state index contributed by atoms with van der Waals surface area (Å²) in [6.45, 7) is 7.93. The summed E-state index contributed by atoms with van der Waals surface area (Å²) in [6.07, 6.45) is 0.627. The largest absolute Gasteiger partial charge is 0.370 e. The lowest BCUT2D eigenvalue weighted by molar-refractivity contribution is 0.505. The van der Waals surface area contributed by atoms with Gasteiger partial charge in [0, 0.05) is 24.1 Å². The van der Waals surface area contributed by atoms with Gasteiger partial charge in [-0.05, 0) is 32.4 Å². The molecule has 0 unspecified atom stereocenters. The van der Waals surface area contributed by atoms with Gasteiger partial charge in [-0.3, -0.25) is 0 Å². The second-order valence-corrected chi connectivity index (χ2v) is 4.90. The zero-order chi connectivity index (χ0) is 15.6. The number of hydrogen-bond acceptors (Lipinski definition) is 3. The van der Waals surface area contributed by atoms with Crippen LogP contribution in [-0.2, 0) is 6.42 Å². The zero-order valence-corrected chi connectivity index (χ0v) is 12.7. The average Bonchev–Trinajstić information content (AvgIpc) is 2.48. The Kier molecular flexibility index (Phi) is 4.50. The van der Waals surface area contributed by atoms with E-state index in [9.17, 15) is 8.78 Å². The molecule has 0 saturated carbocycles. The molecule has 1 aromatic heterocycles. The predicted molar refractivity (Wildman–Crippen MR) is 80.4 cm³/mol. The fraction of sp³-hybridized carbons (Fsp3) is 0.375. The molecule has 1 aromatic carbocycles. The van der Waals surface area contributed by atoms with Gasteiger partial charge >= 0.3 is 0 Å². The van der Waals surface area contributed by atoms with Crippen molar-refractivity contribution >= 4 is 5.82 Å². The number of nitrogens with zero attached hydrogens (tertiary/aromatic N) is 2. The van der Waals surface area contributed by atoms with Crippen LogP contribution in [0.1, 0.15) is 30.8 Å². The Hall–Kier alpha value is -2.04. The third-order valence-corrected chi connectivity index (χ3v) is 3.38. The van der Waals surface area contributed by atoms with Crippen LogP contribution in [0.25, 0.3) is 11.3 Å². The quantitative estimate of drug-likeness (QED) is 0.924. The third kappa shape index (κ3) is 2.86. The second-order valence-electron chi connectivity index (χ2n) is 4.90. The number of nitrogens with one attached hydrogen (secondary N) is 1. The first kappa shape index (κ1) is 15.4. The van der Waals surface area contributed by atoms with Crippen LogP contribution >= 0.6 is 0 Å². The van der Waals surface area contributed by atoms with Crippen molar-refractivity contribution in [2.75, 3.05) is 11.9 Å². The van der Waals surface area contributed by atoms with Crippen LogP contribution in [-0.4, -0.2) is 16.5 Å². The Labute approximate surface area is 123 Å². The smallest absolute Gasteiger partial charge is 0.168 e. The van der Waals surface area contributed by atoms with E-state index >= 15 is 0 Å². The molecule has 0 atom stereocenters. The molecular weight excluding hydrogens is 272 g/mol. The van der Waals surface area contributed by atoms with Crippen molar-refractivity contribution in [3.63, 3.8) is 0 Å². The van der Waals surface area contributed by atoms with Crippen molar-refractivity contribution in [2.45, 2.75) is 34.1 Å². The Morgan fingerprint density at radius 1 is 1.05 bits per heavy atom. The van der Waals surface area contributed by atoms with Gasteiger partial charge in [-0.2, -0.15) is 0 Å². The second kappa shape index (κ2) is 6.16. The molecule has 5 heteroatoms. The Morgan fingerprint density at radius 3 is 2.38 bits per heavy atom. The highest BCUT2D eigenvalue weighted by molar-refractivity contribution is 5.69. The highest BCUT2D eigenvalue weighted by Gasteiger charge is 2.18. The maximum atomic E-state index is 14.2. The van der Waals surface area contributed by atoms with Crippen molar-refractivity contribution in [1.29, 1.82) is 0 Å². The number of benzene rings is 1. The Morgan fingerprint density at radius 2 is 1.76 bits per heavy atom. The minimum Gasteiger partial charge on any atom is -0.370 e. The molecule has 0 aliphatic rings. The lowest BCUT2D eigenvalue weighted by Gasteiger charge is -2.14. The summed E-state index contributed by atoms with van der Waals surface area (Å²) in [5, 5.41) is 3.14. The minimum atomic E-state index is -0.860. The molecule has 0 aliphatic heterocycles. The maximum absolute atomic E-state index is 14.2. The number of halogens is 2. The van der Waals surface area contributed by atoms with Crippen LogP contribution in [0.5, 0.6) is 0 Å². The number of anilines is 1. The van der Waals surface area contributed by atoms with Gasteiger partial charge in [0.05, 0.1) is 5.69 Å². The molecule has 2 rings (SSSR count). The van der Waals surface area contributed by atoms with Crippen molar-refractivity contribution < 1.29 is 8.78 Å². The molecule has 2 aromatic rings. The molecule has 1 heterocycles. The van der Waals surface area contributed by atoms with Crippen molar-refractivity contribution in [3.05, 3.63) is 40.7 Å². The maximum Gasteiger partial charge on any atom is 0.168 e. The summed E-state index contributed by atoms with van der Waals surface area (Å²) in [5.41, 5.74) is 1.61. The number of rotatable bonds is 4. The Balaban J connectivity index is 2.68. The van der Waals surface area contributed by atoms with E-state index in [0.29, 0.717) is 30.3 Å². The monoisotopic (exact) mass is 291 g/mol. The van der Waals surface area contributed by atoms with Gasteiger partial charge in [-0.15, -0.1) is 0 Å². The first-order valence-corrected chi connectivity index (χ1v) is 7.05. The number of aromatic nitrogens is 2. The summed E-state index contributed by atoms with van der Waals surface area (Å²) in [4.78, 5) is 8.78. The molecular formula is C16H19F2N3. The lowest BCUT2D eigenvalue weighted by Crippen LogP contribution is -2.08.